The number of hydrogen-bond acceptors (Lipinski definition) is 5. The number of aromatic nitrogens is 1. The Hall–Kier alpha value is -2.19. The van der Waals surface area contributed by atoms with Crippen molar-refractivity contribution in [1.29, 1.82) is 0 Å². The number of ether oxygens (including phenoxy) is 1. The van der Waals surface area contributed by atoms with Gasteiger partial charge in [0.15, 0.2) is 0 Å². The third kappa shape index (κ3) is 3.29. The van der Waals surface area contributed by atoms with Crippen molar-refractivity contribution in [3.05, 3.63) is 24.3 Å². The van der Waals surface area contributed by atoms with Crippen LogP contribution in [0.4, 0.5) is 9.93 Å². The van der Waals surface area contributed by atoms with Gasteiger partial charge in [-0.2, -0.15) is 4.99 Å². The van der Waals surface area contributed by atoms with E-state index in [4.69, 9.17) is 10.5 Å². The zero-order valence-electron chi connectivity index (χ0n) is 11.3. The van der Waals surface area contributed by atoms with E-state index in [1.807, 2.05) is 24.3 Å². The van der Waals surface area contributed by atoms with E-state index in [-0.39, 0.29) is 12.0 Å². The fourth-order valence-corrected chi connectivity index (χ4v) is 2.84. The lowest BCUT2D eigenvalue weighted by atomic mass is 10.3. The lowest BCUT2D eigenvalue weighted by molar-refractivity contribution is 0.0543. The number of nitrogens with two attached hydrogens (primary N) is 1. The van der Waals surface area contributed by atoms with Crippen LogP contribution in [-0.2, 0) is 4.74 Å². The number of amides is 2. The summed E-state index contributed by atoms with van der Waals surface area (Å²) in [6, 6.07) is 7.47. The minimum Gasteiger partial charge on any atom is -0.378 e. The Labute approximate surface area is 125 Å². The summed E-state index contributed by atoms with van der Waals surface area (Å²) >= 11 is 1.42. The number of hydrogen-bond donors (Lipinski definition) is 2. The molecule has 2 amide bonds. The van der Waals surface area contributed by atoms with E-state index in [0.29, 0.717) is 31.4 Å². The van der Waals surface area contributed by atoms with Gasteiger partial charge in [-0.25, -0.2) is 9.78 Å². The third-order valence-corrected chi connectivity index (χ3v) is 3.96. The van der Waals surface area contributed by atoms with Crippen molar-refractivity contribution in [2.75, 3.05) is 26.3 Å². The van der Waals surface area contributed by atoms with Crippen molar-refractivity contribution in [2.24, 2.45) is 10.7 Å². The van der Waals surface area contributed by atoms with Gasteiger partial charge in [-0.05, 0) is 12.1 Å². The maximum atomic E-state index is 12.0. The SMILES string of the molecule is N/C(=N\c1nc2ccccc2s1)NC(=O)N1CCOCC1. The quantitative estimate of drug-likeness (QED) is 0.613. The molecule has 1 saturated heterocycles. The zero-order chi connectivity index (χ0) is 14.7. The number of aliphatic imine (C=N–C) groups is 1. The van der Waals surface area contributed by atoms with Gasteiger partial charge in [-0.15, -0.1) is 0 Å². The molecule has 1 aromatic carbocycles. The van der Waals surface area contributed by atoms with E-state index in [9.17, 15) is 4.79 Å². The van der Waals surface area contributed by atoms with Crippen molar-refractivity contribution in [3.8, 4) is 0 Å². The third-order valence-electron chi connectivity index (χ3n) is 3.03. The summed E-state index contributed by atoms with van der Waals surface area (Å²) in [5.74, 6) is 0.0468. The monoisotopic (exact) mass is 305 g/mol. The molecule has 0 aliphatic carbocycles. The predicted molar refractivity (Wildman–Crippen MR) is 81.8 cm³/mol. The second kappa shape index (κ2) is 6.06. The molecular weight excluding hydrogens is 290 g/mol. The van der Waals surface area contributed by atoms with Crippen LogP contribution in [0.15, 0.2) is 29.3 Å². The molecule has 1 aromatic heterocycles. The van der Waals surface area contributed by atoms with Crippen LogP contribution >= 0.6 is 11.3 Å². The second-order valence-electron chi connectivity index (χ2n) is 4.49. The van der Waals surface area contributed by atoms with Crippen LogP contribution in [0.5, 0.6) is 0 Å². The summed E-state index contributed by atoms with van der Waals surface area (Å²) in [6.07, 6.45) is 0. The highest BCUT2D eigenvalue weighted by atomic mass is 32.1. The smallest absolute Gasteiger partial charge is 0.324 e. The number of urea groups is 1. The maximum absolute atomic E-state index is 12.0. The molecule has 3 N–H and O–H groups in total. The summed E-state index contributed by atoms with van der Waals surface area (Å²) in [6.45, 7) is 2.20. The molecule has 1 fully saturated rings. The number of fused-ring (bicyclic) bond motifs is 1. The van der Waals surface area contributed by atoms with Crippen LogP contribution < -0.4 is 11.1 Å². The predicted octanol–water partition coefficient (Wildman–Crippen LogP) is 1.28. The van der Waals surface area contributed by atoms with Crippen LogP contribution in [-0.4, -0.2) is 48.2 Å². The minimum absolute atomic E-state index is 0.0468. The molecule has 1 aliphatic rings. The summed E-state index contributed by atoms with van der Waals surface area (Å²) in [4.78, 5) is 22.1. The molecule has 0 saturated carbocycles. The normalized spacial score (nSPS) is 16.2. The fourth-order valence-electron chi connectivity index (χ4n) is 1.99. The van der Waals surface area contributed by atoms with Crippen LogP contribution in [0.3, 0.4) is 0 Å². The zero-order valence-corrected chi connectivity index (χ0v) is 12.1. The van der Waals surface area contributed by atoms with Gasteiger partial charge in [0.1, 0.15) is 0 Å². The van der Waals surface area contributed by atoms with Gasteiger partial charge in [-0.1, -0.05) is 23.5 Å². The van der Waals surface area contributed by atoms with Gasteiger partial charge in [0.2, 0.25) is 11.1 Å². The molecule has 0 atom stereocenters. The Morgan fingerprint density at radius 3 is 2.90 bits per heavy atom. The summed E-state index contributed by atoms with van der Waals surface area (Å²) in [5, 5.41) is 3.09. The number of nitrogens with one attached hydrogen (secondary N) is 1. The number of morpholine rings is 1. The second-order valence-corrected chi connectivity index (χ2v) is 5.50. The van der Waals surface area contributed by atoms with Crippen molar-refractivity contribution in [2.45, 2.75) is 0 Å². The summed E-state index contributed by atoms with van der Waals surface area (Å²) in [7, 11) is 0. The highest BCUT2D eigenvalue weighted by Gasteiger charge is 2.17. The van der Waals surface area contributed by atoms with Crippen molar-refractivity contribution in [1.82, 2.24) is 15.2 Å². The van der Waals surface area contributed by atoms with E-state index >= 15 is 0 Å². The van der Waals surface area contributed by atoms with E-state index in [2.05, 4.69) is 15.3 Å². The molecule has 7 nitrogen and oxygen atoms in total. The average molecular weight is 305 g/mol. The summed E-state index contributed by atoms with van der Waals surface area (Å²) < 4.78 is 6.22. The standard InChI is InChI=1S/C13H15N5O2S/c14-11(17-13(19)18-5-7-20-8-6-18)16-12-15-9-3-1-2-4-10(9)21-12/h1-4H,5-8H2,(H3,14,15,16,17,19). The van der Waals surface area contributed by atoms with Crippen molar-refractivity contribution >= 4 is 38.7 Å². The minimum atomic E-state index is -0.263. The van der Waals surface area contributed by atoms with Crippen LogP contribution in [0.25, 0.3) is 10.2 Å². The largest absolute Gasteiger partial charge is 0.378 e. The number of carbonyl (C=O) groups is 1. The van der Waals surface area contributed by atoms with Gasteiger partial charge >= 0.3 is 6.03 Å². The van der Waals surface area contributed by atoms with E-state index in [1.165, 1.54) is 11.3 Å². The number of benzene rings is 1. The van der Waals surface area contributed by atoms with Crippen molar-refractivity contribution in [3.63, 3.8) is 0 Å². The Balaban J connectivity index is 1.68. The number of para-hydroxylation sites is 1. The first-order chi connectivity index (χ1) is 10.2. The molecule has 3 rings (SSSR count). The number of rotatable bonds is 1. The van der Waals surface area contributed by atoms with Crippen molar-refractivity contribution < 1.29 is 9.53 Å². The molecular formula is C13H15N5O2S. The van der Waals surface area contributed by atoms with Crippen LogP contribution in [0.2, 0.25) is 0 Å². The number of carbonyl (C=O) groups excluding carboxylic acids is 1. The lowest BCUT2D eigenvalue weighted by Crippen LogP contribution is -2.49. The molecule has 2 aromatic rings. The Kier molecular flexibility index (Phi) is 3.98. The molecule has 2 heterocycles. The highest BCUT2D eigenvalue weighted by molar-refractivity contribution is 7.22. The maximum Gasteiger partial charge on any atom is 0.324 e. The molecule has 0 bridgehead atoms. The van der Waals surface area contributed by atoms with Crippen LogP contribution in [0.1, 0.15) is 0 Å². The Morgan fingerprint density at radius 2 is 2.14 bits per heavy atom. The highest BCUT2D eigenvalue weighted by Crippen LogP contribution is 2.27. The molecule has 8 heteroatoms. The van der Waals surface area contributed by atoms with Gasteiger partial charge in [-0.3, -0.25) is 5.32 Å². The summed E-state index contributed by atoms with van der Waals surface area (Å²) in [5.41, 5.74) is 6.63. The molecule has 0 spiro atoms. The van der Waals surface area contributed by atoms with Gasteiger partial charge in [0, 0.05) is 13.1 Å². The Bertz CT molecular complexity index is 645. The fraction of sp³-hybridized carbons (Fsp3) is 0.308. The first kappa shape index (κ1) is 13.8. The van der Waals surface area contributed by atoms with Gasteiger partial charge in [0.05, 0.1) is 23.4 Å². The number of thiazole rings is 1. The van der Waals surface area contributed by atoms with Crippen LogP contribution in [0, 0.1) is 0 Å². The van der Waals surface area contributed by atoms with Gasteiger partial charge in [0.25, 0.3) is 0 Å². The first-order valence-electron chi connectivity index (χ1n) is 6.56. The lowest BCUT2D eigenvalue weighted by Gasteiger charge is -2.26. The average Bonchev–Trinajstić information content (AvgIpc) is 2.90. The molecule has 0 unspecified atom stereocenters. The topological polar surface area (TPSA) is 92.8 Å². The molecule has 0 radical (unpaired) electrons. The molecule has 21 heavy (non-hydrogen) atoms. The Morgan fingerprint density at radius 1 is 1.38 bits per heavy atom. The van der Waals surface area contributed by atoms with E-state index < -0.39 is 0 Å². The molecule has 1 aliphatic heterocycles. The first-order valence-corrected chi connectivity index (χ1v) is 7.37. The van der Waals surface area contributed by atoms with Gasteiger partial charge < -0.3 is 15.4 Å². The van der Waals surface area contributed by atoms with E-state index in [0.717, 1.165) is 10.2 Å². The number of guanidine groups is 1. The number of nitrogens with zero attached hydrogens (tertiary/aromatic N) is 3. The molecule has 110 valence electrons. The van der Waals surface area contributed by atoms with E-state index in [1.54, 1.807) is 4.90 Å².